The van der Waals surface area contributed by atoms with Crippen molar-refractivity contribution in [3.05, 3.63) is 65.8 Å². The van der Waals surface area contributed by atoms with E-state index in [0.717, 1.165) is 42.4 Å². The lowest BCUT2D eigenvalue weighted by Crippen LogP contribution is -2.33. The number of nitrogens with one attached hydrogen (secondary N) is 1. The van der Waals surface area contributed by atoms with Crippen LogP contribution in [0.4, 0.5) is 11.5 Å². The van der Waals surface area contributed by atoms with Crippen molar-refractivity contribution in [1.29, 1.82) is 5.26 Å². The first-order valence-corrected chi connectivity index (χ1v) is 10.0. The molecule has 8 heteroatoms. The average molecular weight is 404 g/mol. The fourth-order valence-electron chi connectivity index (χ4n) is 3.70. The molecule has 1 saturated heterocycles. The lowest BCUT2D eigenvalue weighted by atomic mass is 9.99. The zero-order valence-electron chi connectivity index (χ0n) is 16.9. The van der Waals surface area contributed by atoms with E-state index in [4.69, 9.17) is 14.4 Å². The number of hydrogen-bond donors (Lipinski definition) is 1. The van der Waals surface area contributed by atoms with Gasteiger partial charge in [0.25, 0.3) is 0 Å². The lowest BCUT2D eigenvalue weighted by Gasteiger charge is -2.34. The van der Waals surface area contributed by atoms with E-state index in [9.17, 15) is 0 Å². The number of ether oxygens (including phenoxy) is 1. The van der Waals surface area contributed by atoms with Gasteiger partial charge in [-0.2, -0.15) is 5.26 Å². The number of likely N-dealkylation sites (tertiary alicyclic amines) is 1. The molecular formula is C22H24N6O2. The van der Waals surface area contributed by atoms with E-state index in [1.54, 1.807) is 31.6 Å². The van der Waals surface area contributed by atoms with Crippen molar-refractivity contribution in [3.63, 3.8) is 0 Å². The van der Waals surface area contributed by atoms with Crippen LogP contribution in [0.1, 0.15) is 48.2 Å². The molecule has 0 amide bonds. The van der Waals surface area contributed by atoms with Crippen LogP contribution in [0.2, 0.25) is 0 Å². The van der Waals surface area contributed by atoms with Gasteiger partial charge in [-0.25, -0.2) is 9.97 Å². The third-order valence-electron chi connectivity index (χ3n) is 5.14. The van der Waals surface area contributed by atoms with Crippen LogP contribution in [0.15, 0.2) is 47.3 Å². The molecule has 0 saturated carbocycles. The Balaban J connectivity index is 1.43. The smallest absolute Gasteiger partial charge is 0.148 e. The molecule has 154 valence electrons. The highest BCUT2D eigenvalue weighted by Crippen LogP contribution is 2.31. The van der Waals surface area contributed by atoms with E-state index in [0.29, 0.717) is 18.1 Å². The Morgan fingerprint density at radius 1 is 1.13 bits per heavy atom. The molecule has 0 aliphatic carbocycles. The zero-order chi connectivity index (χ0) is 20.8. The highest BCUT2D eigenvalue weighted by Gasteiger charge is 2.26. The molecule has 1 aliphatic heterocycles. The van der Waals surface area contributed by atoms with Gasteiger partial charge in [0.15, 0.2) is 0 Å². The second kappa shape index (κ2) is 9.48. The minimum absolute atomic E-state index is 0.216. The van der Waals surface area contributed by atoms with E-state index >= 15 is 0 Å². The standard InChI is InChI=1S/C22H24N6O2/c1-29-15-19-8-7-18(30-19)14-28-9-3-2-4-21(28)20-12-26-22(13-25-20)27-17-6-5-16(10-23)24-11-17/h5-8,11-13,21H,2-4,9,14-15H2,1H3,(H,26,27)/t21-/m1/s1. The number of piperidine rings is 1. The van der Waals surface area contributed by atoms with Gasteiger partial charge in [0.1, 0.15) is 35.7 Å². The Labute approximate surface area is 175 Å². The van der Waals surface area contributed by atoms with Crippen LogP contribution >= 0.6 is 0 Å². The van der Waals surface area contributed by atoms with Crippen molar-refractivity contribution in [2.45, 2.75) is 38.5 Å². The Kier molecular flexibility index (Phi) is 6.32. The molecular weight excluding hydrogens is 380 g/mol. The number of anilines is 2. The van der Waals surface area contributed by atoms with E-state index < -0.39 is 0 Å². The molecule has 30 heavy (non-hydrogen) atoms. The molecule has 4 rings (SSSR count). The average Bonchev–Trinajstić information content (AvgIpc) is 3.22. The Morgan fingerprint density at radius 2 is 2.03 bits per heavy atom. The summed E-state index contributed by atoms with van der Waals surface area (Å²) in [5.74, 6) is 2.42. The van der Waals surface area contributed by atoms with Crippen molar-refractivity contribution in [1.82, 2.24) is 19.9 Å². The summed E-state index contributed by atoms with van der Waals surface area (Å²) >= 11 is 0. The third kappa shape index (κ3) is 4.82. The third-order valence-corrected chi connectivity index (χ3v) is 5.14. The molecule has 0 radical (unpaired) electrons. The summed E-state index contributed by atoms with van der Waals surface area (Å²) in [6.45, 7) is 2.23. The van der Waals surface area contributed by atoms with Crippen LogP contribution in [-0.2, 0) is 17.9 Å². The Bertz CT molecular complexity index is 994. The molecule has 1 atom stereocenters. The number of pyridine rings is 1. The molecule has 1 N–H and O–H groups in total. The predicted molar refractivity (Wildman–Crippen MR) is 111 cm³/mol. The van der Waals surface area contributed by atoms with E-state index in [-0.39, 0.29) is 6.04 Å². The maximum Gasteiger partial charge on any atom is 0.148 e. The highest BCUT2D eigenvalue weighted by atomic mass is 16.5. The summed E-state index contributed by atoms with van der Waals surface area (Å²) in [5.41, 5.74) is 2.10. The van der Waals surface area contributed by atoms with Crippen LogP contribution in [0.3, 0.4) is 0 Å². The van der Waals surface area contributed by atoms with Gasteiger partial charge in [-0.05, 0) is 43.7 Å². The van der Waals surface area contributed by atoms with Crippen molar-refractivity contribution in [2.75, 3.05) is 19.0 Å². The summed E-state index contributed by atoms with van der Waals surface area (Å²) in [6.07, 6.45) is 8.57. The number of furan rings is 1. The molecule has 0 aromatic carbocycles. The van der Waals surface area contributed by atoms with E-state index in [2.05, 4.69) is 25.2 Å². The molecule has 1 aliphatic rings. The van der Waals surface area contributed by atoms with Gasteiger partial charge in [0.05, 0.1) is 42.6 Å². The van der Waals surface area contributed by atoms with Crippen molar-refractivity contribution in [2.24, 2.45) is 0 Å². The van der Waals surface area contributed by atoms with Crippen LogP contribution in [0.5, 0.6) is 0 Å². The summed E-state index contributed by atoms with van der Waals surface area (Å²) < 4.78 is 11.0. The molecule has 1 fully saturated rings. The summed E-state index contributed by atoms with van der Waals surface area (Å²) in [5, 5.41) is 12.0. The monoisotopic (exact) mass is 404 g/mol. The summed E-state index contributed by atoms with van der Waals surface area (Å²) in [7, 11) is 1.66. The van der Waals surface area contributed by atoms with Crippen molar-refractivity contribution < 1.29 is 9.15 Å². The van der Waals surface area contributed by atoms with Crippen LogP contribution in [0.25, 0.3) is 0 Å². The zero-order valence-corrected chi connectivity index (χ0v) is 16.9. The normalized spacial score (nSPS) is 16.9. The molecule has 0 unspecified atom stereocenters. The highest BCUT2D eigenvalue weighted by molar-refractivity contribution is 5.54. The van der Waals surface area contributed by atoms with Crippen molar-refractivity contribution in [3.8, 4) is 6.07 Å². The first kappa shape index (κ1) is 20.0. The second-order valence-electron chi connectivity index (χ2n) is 7.28. The van der Waals surface area contributed by atoms with Gasteiger partial charge in [-0.15, -0.1) is 0 Å². The first-order chi connectivity index (χ1) is 14.7. The molecule has 0 bridgehead atoms. The largest absolute Gasteiger partial charge is 0.462 e. The molecule has 8 nitrogen and oxygen atoms in total. The van der Waals surface area contributed by atoms with Gasteiger partial charge in [0, 0.05) is 7.11 Å². The van der Waals surface area contributed by atoms with Gasteiger partial charge in [0.2, 0.25) is 0 Å². The summed E-state index contributed by atoms with van der Waals surface area (Å²) in [4.78, 5) is 15.7. The number of rotatable bonds is 7. The molecule has 0 spiro atoms. The molecule has 3 aromatic heterocycles. The number of nitrogens with zero attached hydrogens (tertiary/aromatic N) is 5. The quantitative estimate of drug-likeness (QED) is 0.632. The van der Waals surface area contributed by atoms with Gasteiger partial charge in [-0.3, -0.25) is 9.88 Å². The number of nitriles is 1. The minimum atomic E-state index is 0.216. The number of aromatic nitrogens is 3. The van der Waals surface area contributed by atoms with Gasteiger partial charge < -0.3 is 14.5 Å². The van der Waals surface area contributed by atoms with Gasteiger partial charge in [-0.1, -0.05) is 6.42 Å². The lowest BCUT2D eigenvalue weighted by molar-refractivity contribution is 0.121. The predicted octanol–water partition coefficient (Wildman–Crippen LogP) is 3.95. The molecule has 4 heterocycles. The van der Waals surface area contributed by atoms with Crippen LogP contribution in [0, 0.1) is 11.3 Å². The fourth-order valence-corrected chi connectivity index (χ4v) is 3.70. The maximum absolute atomic E-state index is 8.84. The number of hydrogen-bond acceptors (Lipinski definition) is 8. The topological polar surface area (TPSA) is 100 Å². The van der Waals surface area contributed by atoms with E-state index in [1.807, 2.05) is 24.4 Å². The SMILES string of the molecule is COCc1ccc(CN2CCCC[C@@H]2c2cnc(Nc3ccc(C#N)nc3)cn2)o1. The maximum atomic E-state index is 8.84. The van der Waals surface area contributed by atoms with Gasteiger partial charge >= 0.3 is 0 Å². The first-order valence-electron chi connectivity index (χ1n) is 10.0. The number of methoxy groups -OCH3 is 1. The van der Waals surface area contributed by atoms with Crippen molar-refractivity contribution >= 4 is 11.5 Å². The minimum Gasteiger partial charge on any atom is -0.462 e. The van der Waals surface area contributed by atoms with Crippen LogP contribution < -0.4 is 5.32 Å². The molecule has 3 aromatic rings. The van der Waals surface area contributed by atoms with E-state index in [1.165, 1.54) is 12.8 Å². The summed E-state index contributed by atoms with van der Waals surface area (Å²) in [6, 6.07) is 9.67. The Hall–Kier alpha value is -3.28. The second-order valence-corrected chi connectivity index (χ2v) is 7.28. The fraction of sp³-hybridized carbons (Fsp3) is 0.364. The Morgan fingerprint density at radius 3 is 2.77 bits per heavy atom. The van der Waals surface area contributed by atoms with Crippen LogP contribution in [-0.4, -0.2) is 33.5 Å².